The minimum Gasteiger partial charge on any atom is -0.399 e. The van der Waals surface area contributed by atoms with Crippen LogP contribution >= 0.6 is 0 Å². The topological polar surface area (TPSA) is 60.2 Å². The van der Waals surface area contributed by atoms with Gasteiger partial charge in [0.05, 0.1) is 0 Å². The van der Waals surface area contributed by atoms with E-state index in [9.17, 15) is 9.59 Å². The average molecular weight is 253 g/mol. The Morgan fingerprint density at radius 2 is 1.47 bits per heavy atom. The van der Waals surface area contributed by atoms with Gasteiger partial charge in [0.2, 0.25) is 11.6 Å². The van der Waals surface area contributed by atoms with Gasteiger partial charge < -0.3 is 5.73 Å². The summed E-state index contributed by atoms with van der Waals surface area (Å²) in [5.41, 5.74) is 8.83. The maximum Gasteiger partial charge on any atom is 0.233 e. The van der Waals surface area contributed by atoms with Crippen LogP contribution in [0.1, 0.15) is 31.8 Å². The van der Waals surface area contributed by atoms with Gasteiger partial charge in [-0.2, -0.15) is 0 Å². The molecule has 3 nitrogen and oxygen atoms in total. The van der Waals surface area contributed by atoms with Gasteiger partial charge in [-0.05, 0) is 37.1 Å². The van der Waals surface area contributed by atoms with Crippen molar-refractivity contribution in [3.8, 4) is 0 Å². The Labute approximate surface area is 112 Å². The molecule has 0 aliphatic rings. The second-order valence-corrected chi connectivity index (χ2v) is 4.48. The van der Waals surface area contributed by atoms with E-state index in [-0.39, 0.29) is 0 Å². The fourth-order valence-corrected chi connectivity index (χ4v) is 1.93. The number of rotatable bonds is 3. The van der Waals surface area contributed by atoms with E-state index in [1.165, 1.54) is 0 Å². The zero-order valence-electron chi connectivity index (χ0n) is 10.9. The second kappa shape index (κ2) is 5.06. The molecule has 19 heavy (non-hydrogen) atoms. The number of anilines is 1. The molecule has 2 N–H and O–H groups in total. The molecule has 0 aliphatic carbocycles. The predicted octanol–water partition coefficient (Wildman–Crippen LogP) is 2.95. The van der Waals surface area contributed by atoms with Crippen LogP contribution in [0.3, 0.4) is 0 Å². The summed E-state index contributed by atoms with van der Waals surface area (Å²) in [6.45, 7) is 3.64. The first-order valence-electron chi connectivity index (χ1n) is 6.02. The number of hydrogen-bond acceptors (Lipinski definition) is 3. The molecule has 0 spiro atoms. The van der Waals surface area contributed by atoms with Crippen LogP contribution in [-0.2, 0) is 0 Å². The molecule has 2 rings (SSSR count). The highest BCUT2D eigenvalue weighted by Crippen LogP contribution is 2.21. The van der Waals surface area contributed by atoms with Crippen LogP contribution in [-0.4, -0.2) is 11.6 Å². The van der Waals surface area contributed by atoms with Gasteiger partial charge in [0.15, 0.2) is 0 Å². The molecule has 0 aromatic heterocycles. The maximum atomic E-state index is 12.2. The summed E-state index contributed by atoms with van der Waals surface area (Å²) in [6.07, 6.45) is 0. The summed E-state index contributed by atoms with van der Waals surface area (Å²) in [6, 6.07) is 11.8. The van der Waals surface area contributed by atoms with Crippen molar-refractivity contribution in [1.82, 2.24) is 0 Å². The van der Waals surface area contributed by atoms with Crippen LogP contribution in [0.2, 0.25) is 0 Å². The summed E-state index contributed by atoms with van der Waals surface area (Å²) in [5.74, 6) is -0.986. The summed E-state index contributed by atoms with van der Waals surface area (Å²) >= 11 is 0. The molecular formula is C16H15NO2. The predicted molar refractivity (Wildman–Crippen MR) is 75.4 cm³/mol. The van der Waals surface area contributed by atoms with Gasteiger partial charge >= 0.3 is 0 Å². The van der Waals surface area contributed by atoms with E-state index < -0.39 is 11.6 Å². The Balaban J connectivity index is 2.41. The molecule has 0 amide bonds. The third-order valence-electron chi connectivity index (χ3n) is 3.32. The first-order chi connectivity index (χ1) is 9.02. The lowest BCUT2D eigenvalue weighted by Gasteiger charge is -2.09. The number of hydrogen-bond donors (Lipinski definition) is 1. The van der Waals surface area contributed by atoms with Crippen molar-refractivity contribution in [3.05, 3.63) is 64.7 Å². The molecule has 0 bridgehead atoms. The molecule has 0 saturated heterocycles. The van der Waals surface area contributed by atoms with E-state index in [0.717, 1.165) is 11.1 Å². The van der Waals surface area contributed by atoms with Crippen LogP contribution in [0.5, 0.6) is 0 Å². The molecule has 0 unspecified atom stereocenters. The van der Waals surface area contributed by atoms with Crippen molar-refractivity contribution < 1.29 is 9.59 Å². The van der Waals surface area contributed by atoms with Crippen molar-refractivity contribution in [2.45, 2.75) is 13.8 Å². The van der Waals surface area contributed by atoms with Gasteiger partial charge in [-0.3, -0.25) is 9.59 Å². The highest BCUT2D eigenvalue weighted by molar-refractivity contribution is 6.49. The van der Waals surface area contributed by atoms with Crippen molar-refractivity contribution in [3.63, 3.8) is 0 Å². The Morgan fingerprint density at radius 1 is 0.842 bits per heavy atom. The highest BCUT2D eigenvalue weighted by Gasteiger charge is 2.20. The molecule has 96 valence electrons. The largest absolute Gasteiger partial charge is 0.399 e. The molecule has 2 aromatic rings. The molecular weight excluding hydrogens is 238 g/mol. The number of carbonyl (C=O) groups excluding carboxylic acids is 2. The van der Waals surface area contributed by atoms with Crippen LogP contribution in [0.25, 0.3) is 0 Å². The Hall–Kier alpha value is -2.42. The normalized spacial score (nSPS) is 10.2. The van der Waals surface area contributed by atoms with E-state index in [4.69, 9.17) is 5.73 Å². The summed E-state index contributed by atoms with van der Waals surface area (Å²) in [5, 5.41) is 0. The Bertz CT molecular complexity index is 645. The SMILES string of the molecule is Cc1c(N)ccc(C(=O)C(=O)c2ccccc2)c1C. The molecule has 0 saturated carbocycles. The maximum absolute atomic E-state index is 12.2. The third-order valence-corrected chi connectivity index (χ3v) is 3.32. The summed E-state index contributed by atoms with van der Waals surface area (Å²) in [4.78, 5) is 24.4. The monoisotopic (exact) mass is 253 g/mol. The molecule has 2 aromatic carbocycles. The zero-order chi connectivity index (χ0) is 14.0. The van der Waals surface area contributed by atoms with Crippen molar-refractivity contribution in [2.24, 2.45) is 0 Å². The molecule has 0 radical (unpaired) electrons. The van der Waals surface area contributed by atoms with Crippen LogP contribution in [0.15, 0.2) is 42.5 Å². The van der Waals surface area contributed by atoms with Crippen LogP contribution < -0.4 is 5.73 Å². The number of ketones is 2. The fraction of sp³-hybridized carbons (Fsp3) is 0.125. The van der Waals surface area contributed by atoms with E-state index in [2.05, 4.69) is 0 Å². The zero-order valence-corrected chi connectivity index (χ0v) is 10.9. The molecule has 0 aliphatic heterocycles. The average Bonchev–Trinajstić information content (AvgIpc) is 2.44. The standard InChI is InChI=1S/C16H15NO2/c1-10-11(2)14(17)9-8-13(10)16(19)15(18)12-6-4-3-5-7-12/h3-9H,17H2,1-2H3. The summed E-state index contributed by atoms with van der Waals surface area (Å²) < 4.78 is 0. The van der Waals surface area contributed by atoms with Gasteiger partial charge in [-0.25, -0.2) is 0 Å². The van der Waals surface area contributed by atoms with Crippen molar-refractivity contribution in [1.29, 1.82) is 0 Å². The third kappa shape index (κ3) is 2.40. The lowest BCUT2D eigenvalue weighted by atomic mass is 9.94. The van der Waals surface area contributed by atoms with E-state index in [0.29, 0.717) is 16.8 Å². The smallest absolute Gasteiger partial charge is 0.233 e. The number of nitrogen functional groups attached to an aromatic ring is 1. The van der Waals surface area contributed by atoms with Crippen LogP contribution in [0, 0.1) is 13.8 Å². The summed E-state index contributed by atoms with van der Waals surface area (Å²) in [7, 11) is 0. The fourth-order valence-electron chi connectivity index (χ4n) is 1.93. The lowest BCUT2D eigenvalue weighted by molar-refractivity contribution is 0.0816. The lowest BCUT2D eigenvalue weighted by Crippen LogP contribution is -2.16. The van der Waals surface area contributed by atoms with Gasteiger partial charge in [0.1, 0.15) is 0 Å². The number of nitrogens with two attached hydrogens (primary N) is 1. The van der Waals surface area contributed by atoms with Crippen molar-refractivity contribution >= 4 is 17.3 Å². The quantitative estimate of drug-likeness (QED) is 0.519. The Morgan fingerprint density at radius 3 is 2.11 bits per heavy atom. The number of benzene rings is 2. The number of carbonyl (C=O) groups is 2. The number of Topliss-reactive ketones (excluding diaryl/α,β-unsaturated/α-hetero) is 2. The second-order valence-electron chi connectivity index (χ2n) is 4.48. The highest BCUT2D eigenvalue weighted by atomic mass is 16.2. The molecule has 3 heteroatoms. The molecule has 0 heterocycles. The minimum absolute atomic E-state index is 0.404. The van der Waals surface area contributed by atoms with Crippen LogP contribution in [0.4, 0.5) is 5.69 Å². The van der Waals surface area contributed by atoms with Gasteiger partial charge in [0.25, 0.3) is 0 Å². The van der Waals surface area contributed by atoms with E-state index in [1.807, 2.05) is 6.92 Å². The minimum atomic E-state index is -0.494. The first kappa shape index (κ1) is 13.0. The molecule has 0 atom stereocenters. The van der Waals surface area contributed by atoms with E-state index >= 15 is 0 Å². The van der Waals surface area contributed by atoms with Gasteiger partial charge in [-0.15, -0.1) is 0 Å². The van der Waals surface area contributed by atoms with Crippen molar-refractivity contribution in [2.75, 3.05) is 5.73 Å². The first-order valence-corrected chi connectivity index (χ1v) is 6.02. The van der Waals surface area contributed by atoms with E-state index in [1.54, 1.807) is 49.4 Å². The van der Waals surface area contributed by atoms with Gasteiger partial charge in [0, 0.05) is 16.8 Å². The molecule has 0 fully saturated rings. The Kier molecular flexibility index (Phi) is 3.47. The van der Waals surface area contributed by atoms with Gasteiger partial charge in [-0.1, -0.05) is 30.3 Å².